The van der Waals surface area contributed by atoms with Crippen LogP contribution >= 0.6 is 0 Å². The molecule has 2 aliphatic carbocycles. The normalized spacial score (nSPS) is 26.8. The van der Waals surface area contributed by atoms with Crippen molar-refractivity contribution in [3.8, 4) is 5.88 Å². The molecule has 1 aromatic carbocycles. The van der Waals surface area contributed by atoms with Crippen molar-refractivity contribution in [3.63, 3.8) is 0 Å². The minimum absolute atomic E-state index is 0.00800. The van der Waals surface area contributed by atoms with E-state index >= 15 is 0 Å². The fraction of sp³-hybridized carbons (Fsp3) is 0.500. The third kappa shape index (κ3) is 8.94. The number of esters is 1. The summed E-state index contributed by atoms with van der Waals surface area (Å²) in [4.78, 5) is 74.1. The number of fused-ring (bicyclic) bond motifs is 3. The molecule has 2 amide bonds. The first kappa shape index (κ1) is 38.1. The zero-order chi connectivity index (χ0) is 37.9. The Kier molecular flexibility index (Phi) is 11.3. The van der Waals surface area contributed by atoms with Crippen LogP contribution in [0.4, 0.5) is 0 Å². The molecule has 1 N–H and O–H groups in total. The number of hydrogen-bond acceptors (Lipinski definition) is 10. The van der Waals surface area contributed by atoms with Crippen LogP contribution in [0.15, 0.2) is 60.8 Å². The first-order chi connectivity index (χ1) is 25.3. The smallest absolute Gasteiger partial charge is 0.306 e. The molecule has 3 heterocycles. The number of sulfonamides is 1. The van der Waals surface area contributed by atoms with Crippen molar-refractivity contribution in [2.45, 2.75) is 95.5 Å². The molecule has 13 heteroatoms. The van der Waals surface area contributed by atoms with Gasteiger partial charge < -0.3 is 14.4 Å². The number of cyclic esters (lactones) is 1. The van der Waals surface area contributed by atoms with E-state index < -0.39 is 68.2 Å². The lowest BCUT2D eigenvalue weighted by atomic mass is 9.90. The van der Waals surface area contributed by atoms with E-state index in [4.69, 9.17) is 9.47 Å². The van der Waals surface area contributed by atoms with Gasteiger partial charge in [0.2, 0.25) is 27.7 Å². The Bertz CT molecular complexity index is 1980. The molecule has 4 aliphatic rings. The number of nitrogens with zero attached hydrogens (tertiary/aromatic N) is 2. The van der Waals surface area contributed by atoms with Crippen LogP contribution < -0.4 is 9.46 Å². The number of aromatic nitrogens is 1. The molecule has 2 aromatic rings. The molecular weight excluding hydrogens is 699 g/mol. The number of ketones is 2. The van der Waals surface area contributed by atoms with E-state index in [1.807, 2.05) is 36.4 Å². The van der Waals surface area contributed by atoms with Gasteiger partial charge in [-0.25, -0.2) is 13.4 Å². The summed E-state index contributed by atoms with van der Waals surface area (Å²) in [5, 5.41) is 1.03. The quantitative estimate of drug-likeness (QED) is 0.188. The molecule has 282 valence electrons. The maximum atomic E-state index is 14.5. The summed E-state index contributed by atoms with van der Waals surface area (Å²) in [6.07, 6.45) is 9.90. The molecule has 2 saturated carbocycles. The highest BCUT2D eigenvalue weighted by Gasteiger charge is 2.61. The Hall–Kier alpha value is -4.65. The molecule has 5 atom stereocenters. The van der Waals surface area contributed by atoms with Gasteiger partial charge in [0.05, 0.1) is 36.3 Å². The summed E-state index contributed by atoms with van der Waals surface area (Å²) in [5.74, 6) is -3.50. The van der Waals surface area contributed by atoms with Crippen LogP contribution in [0.1, 0.15) is 83.6 Å². The predicted octanol–water partition coefficient (Wildman–Crippen LogP) is 5.02. The van der Waals surface area contributed by atoms with E-state index in [2.05, 4.69) is 16.3 Å². The predicted molar refractivity (Wildman–Crippen MR) is 198 cm³/mol. The summed E-state index contributed by atoms with van der Waals surface area (Å²) >= 11 is 0. The van der Waals surface area contributed by atoms with Gasteiger partial charge in [-0.2, -0.15) is 0 Å². The number of benzene rings is 1. The highest BCUT2D eigenvalue weighted by Crippen LogP contribution is 2.57. The maximum Gasteiger partial charge on any atom is 0.306 e. The largest absolute Gasteiger partial charge is 0.472 e. The average Bonchev–Trinajstić information content (AvgIpc) is 4.04. The number of Topliss-reactive ketones (excluding diaryl/α,β-unsaturated/α-hetero) is 1. The van der Waals surface area contributed by atoms with Crippen LogP contribution in [0.5, 0.6) is 5.88 Å². The van der Waals surface area contributed by atoms with Gasteiger partial charge in [-0.1, -0.05) is 35.9 Å². The summed E-state index contributed by atoms with van der Waals surface area (Å²) < 4.78 is 39.6. The molecule has 1 aromatic heterocycles. The Labute approximate surface area is 310 Å². The Morgan fingerprint density at radius 1 is 1.15 bits per heavy atom. The van der Waals surface area contributed by atoms with Crippen LogP contribution in [0.25, 0.3) is 16.8 Å². The van der Waals surface area contributed by atoms with Gasteiger partial charge in [-0.05, 0) is 87.4 Å². The fourth-order valence-corrected chi connectivity index (χ4v) is 8.76. The number of carbonyl (C=O) groups is 5. The van der Waals surface area contributed by atoms with Gasteiger partial charge in [0.1, 0.15) is 6.10 Å². The molecule has 2 aliphatic heterocycles. The van der Waals surface area contributed by atoms with Crippen LogP contribution in [0.3, 0.4) is 0 Å². The molecule has 0 unspecified atom stereocenters. The topological polar surface area (TPSA) is 166 Å². The molecule has 0 radical (unpaired) electrons. The van der Waals surface area contributed by atoms with Gasteiger partial charge in [0.15, 0.2) is 11.6 Å². The summed E-state index contributed by atoms with van der Waals surface area (Å²) in [6, 6.07) is 6.71. The van der Waals surface area contributed by atoms with Crippen molar-refractivity contribution >= 4 is 56.2 Å². The second kappa shape index (κ2) is 15.8. The molecule has 4 bridgehead atoms. The SMILES string of the molecule is C=C[C@@H]1C[C@]1(CC(=O)[C@@H]1C[C@@H]2CN1C(=O)[C@H](CCC(=O)C=C(C)C)CC(=O)OCCC/C=C/c1ccc3ccnc(c3c1)O2)C(=O)NS(=O)(=O)C1CC1. The first-order valence-electron chi connectivity index (χ1n) is 18.4. The van der Waals surface area contributed by atoms with Crippen molar-refractivity contribution in [3.05, 3.63) is 66.4 Å². The molecule has 0 spiro atoms. The lowest BCUT2D eigenvalue weighted by molar-refractivity contribution is -0.150. The van der Waals surface area contributed by atoms with Crippen LogP contribution in [-0.2, 0) is 38.7 Å². The molecular formula is C40H47N3O9S. The number of hydrogen-bond donors (Lipinski definition) is 1. The summed E-state index contributed by atoms with van der Waals surface area (Å²) in [7, 11) is -3.87. The summed E-state index contributed by atoms with van der Waals surface area (Å²) in [5.41, 5.74) is 0.408. The molecule has 1 saturated heterocycles. The van der Waals surface area contributed by atoms with E-state index in [1.165, 1.54) is 11.0 Å². The number of allylic oxidation sites excluding steroid dienone is 4. The maximum absolute atomic E-state index is 14.5. The lowest BCUT2D eigenvalue weighted by Crippen LogP contribution is -2.46. The second-order valence-corrected chi connectivity index (χ2v) is 17.0. The van der Waals surface area contributed by atoms with E-state index in [0.29, 0.717) is 31.6 Å². The highest BCUT2D eigenvalue weighted by atomic mass is 32.2. The van der Waals surface area contributed by atoms with Crippen molar-refractivity contribution in [2.75, 3.05) is 13.2 Å². The number of rotatable bonds is 11. The monoisotopic (exact) mass is 745 g/mol. The van der Waals surface area contributed by atoms with Gasteiger partial charge >= 0.3 is 5.97 Å². The second-order valence-electron chi connectivity index (χ2n) is 15.0. The molecule has 53 heavy (non-hydrogen) atoms. The van der Waals surface area contributed by atoms with Crippen molar-refractivity contribution in [2.24, 2.45) is 17.3 Å². The van der Waals surface area contributed by atoms with Crippen molar-refractivity contribution < 1.29 is 41.9 Å². The Morgan fingerprint density at radius 2 is 1.94 bits per heavy atom. The number of carbonyl (C=O) groups excluding carboxylic acids is 5. The van der Waals surface area contributed by atoms with Crippen LogP contribution in [0.2, 0.25) is 0 Å². The Morgan fingerprint density at radius 3 is 2.66 bits per heavy atom. The Balaban J connectivity index is 1.32. The molecule has 6 rings (SSSR count). The third-order valence-corrected chi connectivity index (χ3v) is 12.4. The fourth-order valence-electron chi connectivity index (χ4n) is 7.38. The minimum Gasteiger partial charge on any atom is -0.472 e. The van der Waals surface area contributed by atoms with Gasteiger partial charge in [-0.15, -0.1) is 6.58 Å². The minimum atomic E-state index is -3.87. The van der Waals surface area contributed by atoms with Crippen LogP contribution in [-0.4, -0.2) is 78.2 Å². The van der Waals surface area contributed by atoms with Gasteiger partial charge in [0.25, 0.3) is 0 Å². The average molecular weight is 746 g/mol. The standard InChI is InChI=1S/C40H47N3O9S/c1-4-29-22-40(29,39(48)42-53(49,50)32-13-14-32)23-35(45)34-21-31-24-43(34)38(47)28(11-12-30(44)18-25(2)3)20-36(46)51-17-7-5-6-8-26-9-10-27-15-16-41-37(52-31)33(27)19-26/h4,6,8-10,15-16,18-19,28-29,31-32,34H,1,5,7,11-14,17,20-24H2,2-3H3,(H,42,48)/b8-6+/t28-,29-,31-,34+,40-/m1/s1. The van der Waals surface area contributed by atoms with E-state index in [1.54, 1.807) is 26.1 Å². The zero-order valence-electron chi connectivity index (χ0n) is 30.3. The number of nitrogens with one attached hydrogen (secondary N) is 1. The summed E-state index contributed by atoms with van der Waals surface area (Å²) in [6.45, 7) is 7.53. The molecule has 3 fully saturated rings. The van der Waals surface area contributed by atoms with E-state index in [-0.39, 0.29) is 57.5 Å². The number of pyridine rings is 1. The van der Waals surface area contributed by atoms with Gasteiger partial charge in [-0.3, -0.25) is 28.7 Å². The lowest BCUT2D eigenvalue weighted by Gasteiger charge is -2.28. The zero-order valence-corrected chi connectivity index (χ0v) is 31.1. The first-order valence-corrected chi connectivity index (χ1v) is 19.9. The van der Waals surface area contributed by atoms with E-state index in [0.717, 1.165) is 21.9 Å². The van der Waals surface area contributed by atoms with Crippen LogP contribution in [0, 0.1) is 17.3 Å². The van der Waals surface area contributed by atoms with Crippen molar-refractivity contribution in [1.82, 2.24) is 14.6 Å². The molecule has 12 nitrogen and oxygen atoms in total. The highest BCUT2D eigenvalue weighted by molar-refractivity contribution is 7.90. The number of amides is 2. The van der Waals surface area contributed by atoms with E-state index in [9.17, 15) is 32.4 Å². The van der Waals surface area contributed by atoms with Crippen molar-refractivity contribution in [1.29, 1.82) is 0 Å². The number of ether oxygens (including phenoxy) is 2. The third-order valence-electron chi connectivity index (χ3n) is 10.5. The van der Waals surface area contributed by atoms with Gasteiger partial charge in [0, 0.05) is 36.8 Å².